The third kappa shape index (κ3) is 6.44. The number of benzene rings is 3. The molecule has 3 aromatic carbocycles. The maximum atomic E-state index is 12.3. The van der Waals surface area contributed by atoms with Crippen LogP contribution in [0.15, 0.2) is 83.8 Å². The Morgan fingerprint density at radius 2 is 1.55 bits per heavy atom. The Hall–Kier alpha value is -2.63. The van der Waals surface area contributed by atoms with Crippen LogP contribution in [0.25, 0.3) is 0 Å². The molecule has 0 N–H and O–H groups in total. The first kappa shape index (κ1) is 21.1. The molecule has 0 saturated heterocycles. The van der Waals surface area contributed by atoms with E-state index < -0.39 is 10.1 Å². The zero-order valence-corrected chi connectivity index (χ0v) is 17.6. The van der Waals surface area contributed by atoms with E-state index in [4.69, 9.17) is 8.92 Å². The van der Waals surface area contributed by atoms with Crippen LogP contribution < -0.4 is 4.74 Å². The second-order valence-corrected chi connectivity index (χ2v) is 8.90. The molecule has 3 rings (SSSR count). The molecule has 152 valence electrons. The SMILES string of the molecule is Cc1ccc(S(=O)(=O)OCC(C)Cc2cccc(OCc3ccccc3)c2)cc1. The molecule has 0 heterocycles. The lowest BCUT2D eigenvalue weighted by Gasteiger charge is -2.13. The highest BCUT2D eigenvalue weighted by atomic mass is 32.2. The van der Waals surface area contributed by atoms with E-state index in [1.54, 1.807) is 24.3 Å². The van der Waals surface area contributed by atoms with Crippen molar-refractivity contribution in [2.24, 2.45) is 5.92 Å². The van der Waals surface area contributed by atoms with Crippen molar-refractivity contribution < 1.29 is 17.3 Å². The maximum Gasteiger partial charge on any atom is 0.296 e. The molecular weight excluding hydrogens is 384 g/mol. The molecule has 0 aromatic heterocycles. The van der Waals surface area contributed by atoms with Crippen molar-refractivity contribution in [1.82, 2.24) is 0 Å². The molecule has 5 heteroatoms. The average molecular weight is 411 g/mol. The smallest absolute Gasteiger partial charge is 0.296 e. The Morgan fingerprint density at radius 1 is 0.862 bits per heavy atom. The van der Waals surface area contributed by atoms with Crippen LogP contribution in [0.5, 0.6) is 5.75 Å². The summed E-state index contributed by atoms with van der Waals surface area (Å²) in [7, 11) is -3.74. The van der Waals surface area contributed by atoms with Crippen LogP contribution in [-0.2, 0) is 27.3 Å². The van der Waals surface area contributed by atoms with Crippen molar-refractivity contribution >= 4 is 10.1 Å². The summed E-state index contributed by atoms with van der Waals surface area (Å²) in [5.41, 5.74) is 3.20. The van der Waals surface area contributed by atoms with Crippen LogP contribution >= 0.6 is 0 Å². The van der Waals surface area contributed by atoms with Gasteiger partial charge in [-0.2, -0.15) is 8.42 Å². The lowest BCUT2D eigenvalue weighted by molar-refractivity contribution is 0.263. The Labute approximate surface area is 173 Å². The van der Waals surface area contributed by atoms with Crippen LogP contribution in [0.4, 0.5) is 0 Å². The van der Waals surface area contributed by atoms with Crippen LogP contribution in [-0.4, -0.2) is 15.0 Å². The van der Waals surface area contributed by atoms with Gasteiger partial charge in [0.25, 0.3) is 10.1 Å². The van der Waals surface area contributed by atoms with Gasteiger partial charge in [0, 0.05) is 0 Å². The highest BCUT2D eigenvalue weighted by Crippen LogP contribution is 2.19. The predicted molar refractivity (Wildman–Crippen MR) is 114 cm³/mol. The van der Waals surface area contributed by atoms with Gasteiger partial charge in [-0.3, -0.25) is 4.18 Å². The standard InChI is InChI=1S/C24H26O4S/c1-19-11-13-24(14-12-19)29(25,26)28-17-20(2)15-22-9-6-10-23(16-22)27-18-21-7-4-3-5-8-21/h3-14,16,20H,15,17-18H2,1-2H3. The van der Waals surface area contributed by atoms with Crippen LogP contribution in [0.3, 0.4) is 0 Å². The molecule has 4 nitrogen and oxygen atoms in total. The normalized spacial score (nSPS) is 12.5. The van der Waals surface area contributed by atoms with Gasteiger partial charge in [0.05, 0.1) is 11.5 Å². The number of aryl methyl sites for hydroxylation is 1. The zero-order valence-electron chi connectivity index (χ0n) is 16.7. The Morgan fingerprint density at radius 3 is 2.28 bits per heavy atom. The lowest BCUT2D eigenvalue weighted by Crippen LogP contribution is -2.14. The van der Waals surface area contributed by atoms with E-state index in [0.717, 1.165) is 22.4 Å². The molecule has 0 aliphatic rings. The summed E-state index contributed by atoms with van der Waals surface area (Å²) in [6.45, 7) is 4.53. The molecule has 0 bridgehead atoms. The van der Waals surface area contributed by atoms with Crippen LogP contribution in [0.2, 0.25) is 0 Å². The first-order valence-electron chi connectivity index (χ1n) is 9.64. The molecule has 0 fully saturated rings. The molecule has 0 aliphatic carbocycles. The molecule has 0 aliphatic heterocycles. The number of hydrogen-bond donors (Lipinski definition) is 0. The third-order valence-corrected chi connectivity index (χ3v) is 5.84. The molecule has 0 amide bonds. The van der Waals surface area contributed by atoms with Gasteiger partial charge in [0.15, 0.2) is 0 Å². The fraction of sp³-hybridized carbons (Fsp3) is 0.250. The summed E-state index contributed by atoms with van der Waals surface area (Å²) in [4.78, 5) is 0.187. The van der Waals surface area contributed by atoms with Gasteiger partial charge < -0.3 is 4.74 Å². The summed E-state index contributed by atoms with van der Waals surface area (Å²) in [6.07, 6.45) is 0.700. The summed E-state index contributed by atoms with van der Waals surface area (Å²) >= 11 is 0. The second kappa shape index (κ2) is 9.72. The number of hydrogen-bond acceptors (Lipinski definition) is 4. The number of rotatable bonds is 9. The molecule has 0 spiro atoms. The monoisotopic (exact) mass is 410 g/mol. The van der Waals surface area contributed by atoms with E-state index in [9.17, 15) is 8.42 Å². The highest BCUT2D eigenvalue weighted by Gasteiger charge is 2.17. The van der Waals surface area contributed by atoms with Crippen molar-refractivity contribution in [2.75, 3.05) is 6.61 Å². The van der Waals surface area contributed by atoms with Gasteiger partial charge >= 0.3 is 0 Å². The molecule has 1 unspecified atom stereocenters. The maximum absolute atomic E-state index is 12.3. The topological polar surface area (TPSA) is 52.6 Å². The largest absolute Gasteiger partial charge is 0.489 e. The van der Waals surface area contributed by atoms with E-state index in [1.165, 1.54) is 0 Å². The average Bonchev–Trinajstić information content (AvgIpc) is 2.72. The van der Waals surface area contributed by atoms with Gasteiger partial charge in [0.1, 0.15) is 12.4 Å². The van der Waals surface area contributed by atoms with Gasteiger partial charge in [-0.05, 0) is 54.7 Å². The highest BCUT2D eigenvalue weighted by molar-refractivity contribution is 7.86. The molecule has 1 atom stereocenters. The van der Waals surface area contributed by atoms with Gasteiger partial charge in [-0.15, -0.1) is 0 Å². The summed E-state index contributed by atoms with van der Waals surface area (Å²) in [5.74, 6) is 0.839. The Kier molecular flexibility index (Phi) is 7.07. The van der Waals surface area contributed by atoms with Crippen LogP contribution in [0.1, 0.15) is 23.6 Å². The minimum atomic E-state index is -3.74. The first-order valence-corrected chi connectivity index (χ1v) is 11.0. The van der Waals surface area contributed by atoms with Gasteiger partial charge in [-0.25, -0.2) is 0 Å². The minimum Gasteiger partial charge on any atom is -0.489 e. The summed E-state index contributed by atoms with van der Waals surface area (Å²) < 4.78 is 35.8. The quantitative estimate of drug-likeness (QED) is 0.457. The molecule has 3 aromatic rings. The molecule has 0 radical (unpaired) electrons. The van der Waals surface area contributed by atoms with E-state index in [0.29, 0.717) is 13.0 Å². The molecular formula is C24H26O4S. The van der Waals surface area contributed by atoms with Crippen molar-refractivity contribution in [1.29, 1.82) is 0 Å². The fourth-order valence-corrected chi connectivity index (χ4v) is 3.96. The van der Waals surface area contributed by atoms with Crippen molar-refractivity contribution in [2.45, 2.75) is 31.8 Å². The van der Waals surface area contributed by atoms with E-state index >= 15 is 0 Å². The fourth-order valence-electron chi connectivity index (χ4n) is 2.94. The van der Waals surface area contributed by atoms with Crippen molar-refractivity contribution in [3.8, 4) is 5.75 Å². The van der Waals surface area contributed by atoms with E-state index in [2.05, 4.69) is 0 Å². The summed E-state index contributed by atoms with van der Waals surface area (Å²) in [5, 5.41) is 0. The van der Waals surface area contributed by atoms with E-state index in [-0.39, 0.29) is 17.4 Å². The zero-order chi connectivity index (χ0) is 20.7. The number of ether oxygens (including phenoxy) is 1. The van der Waals surface area contributed by atoms with Crippen molar-refractivity contribution in [3.63, 3.8) is 0 Å². The first-order chi connectivity index (χ1) is 13.9. The Bertz CT molecular complexity index is 1010. The van der Waals surface area contributed by atoms with Gasteiger partial charge in [0.2, 0.25) is 0 Å². The molecule has 29 heavy (non-hydrogen) atoms. The second-order valence-electron chi connectivity index (χ2n) is 7.28. The minimum absolute atomic E-state index is 0.0413. The lowest BCUT2D eigenvalue weighted by atomic mass is 10.0. The van der Waals surface area contributed by atoms with E-state index in [1.807, 2.05) is 68.4 Å². The predicted octanol–water partition coefficient (Wildman–Crippen LogP) is 5.16. The Balaban J connectivity index is 1.53. The van der Waals surface area contributed by atoms with Gasteiger partial charge in [-0.1, -0.05) is 67.1 Å². The summed E-state index contributed by atoms with van der Waals surface area (Å²) in [6, 6.07) is 24.6. The van der Waals surface area contributed by atoms with Crippen LogP contribution in [0, 0.1) is 12.8 Å². The third-order valence-electron chi connectivity index (χ3n) is 4.55. The van der Waals surface area contributed by atoms with Crippen molar-refractivity contribution in [3.05, 3.63) is 95.6 Å². The molecule has 0 saturated carbocycles.